The molecule has 2 heterocycles. The third-order valence-corrected chi connectivity index (χ3v) is 3.42. The first-order valence-electron chi connectivity index (χ1n) is 6.98. The Morgan fingerprint density at radius 2 is 2.18 bits per heavy atom. The lowest BCUT2D eigenvalue weighted by molar-refractivity contribution is 0.0753. The second-order valence-electron chi connectivity index (χ2n) is 5.54. The number of nitrogens with zero attached hydrogens (tertiary/aromatic N) is 2. The first-order valence-corrected chi connectivity index (χ1v) is 6.98. The van der Waals surface area contributed by atoms with Gasteiger partial charge in [-0.2, -0.15) is 4.39 Å². The fourth-order valence-corrected chi connectivity index (χ4v) is 2.51. The van der Waals surface area contributed by atoms with Crippen molar-refractivity contribution in [1.29, 1.82) is 0 Å². The summed E-state index contributed by atoms with van der Waals surface area (Å²) in [6.45, 7) is 9.60. The van der Waals surface area contributed by atoms with Crippen LogP contribution in [0.3, 0.4) is 0 Å². The largest absolute Gasteiger partial charge is 0.441 e. The molecular formula is C17H19FN2O2. The summed E-state index contributed by atoms with van der Waals surface area (Å²) in [5.74, 6) is -0.598. The third-order valence-electron chi connectivity index (χ3n) is 3.42. The summed E-state index contributed by atoms with van der Waals surface area (Å²) in [5.41, 5.74) is 0.448. The molecule has 1 aliphatic heterocycles. The second-order valence-corrected chi connectivity index (χ2v) is 5.54. The maximum atomic E-state index is 13.0. The van der Waals surface area contributed by atoms with Gasteiger partial charge in [-0.1, -0.05) is 30.9 Å². The molecule has 116 valence electrons. The normalized spacial score (nSPS) is 20.8. The maximum Gasteiger partial charge on any atom is 0.415 e. The van der Waals surface area contributed by atoms with Gasteiger partial charge in [-0.25, -0.2) is 9.78 Å². The average molecular weight is 302 g/mol. The minimum atomic E-state index is -0.747. The third kappa shape index (κ3) is 3.08. The lowest BCUT2D eigenvalue weighted by Gasteiger charge is -2.29. The summed E-state index contributed by atoms with van der Waals surface area (Å²) in [4.78, 5) is 17.3. The molecule has 1 aromatic rings. The van der Waals surface area contributed by atoms with Gasteiger partial charge in [-0.05, 0) is 38.5 Å². The topological polar surface area (TPSA) is 42.4 Å². The first kappa shape index (κ1) is 15.9. The van der Waals surface area contributed by atoms with Crippen LogP contribution >= 0.6 is 0 Å². The number of carbonyl (C=O) groups is 1. The Kier molecular flexibility index (Phi) is 4.45. The highest BCUT2D eigenvalue weighted by Gasteiger charge is 2.49. The van der Waals surface area contributed by atoms with Crippen LogP contribution in [0.5, 0.6) is 0 Å². The van der Waals surface area contributed by atoms with Crippen molar-refractivity contribution in [3.05, 3.63) is 60.7 Å². The molecule has 0 aromatic carbocycles. The fourth-order valence-electron chi connectivity index (χ4n) is 2.51. The number of cyclic esters (lactones) is 1. The molecule has 1 aromatic heterocycles. The minimum absolute atomic E-state index is 0.395. The predicted molar refractivity (Wildman–Crippen MR) is 84.1 cm³/mol. The molecule has 1 atom stereocenters. The number of rotatable bonds is 4. The van der Waals surface area contributed by atoms with Crippen molar-refractivity contribution >= 4 is 11.8 Å². The zero-order valence-corrected chi connectivity index (χ0v) is 12.9. The molecule has 0 bridgehead atoms. The predicted octanol–water partition coefficient (Wildman–Crippen LogP) is 4.01. The molecule has 0 N–H and O–H groups in total. The number of aromatic nitrogens is 1. The van der Waals surface area contributed by atoms with Gasteiger partial charge in [-0.15, -0.1) is 0 Å². The van der Waals surface area contributed by atoms with Crippen LogP contribution in [0.2, 0.25) is 0 Å². The van der Waals surface area contributed by atoms with Crippen molar-refractivity contribution in [2.45, 2.75) is 32.4 Å². The van der Waals surface area contributed by atoms with Gasteiger partial charge in [0.2, 0.25) is 5.95 Å². The van der Waals surface area contributed by atoms with Gasteiger partial charge in [0.25, 0.3) is 0 Å². The zero-order valence-electron chi connectivity index (χ0n) is 12.9. The number of halogens is 1. The Balaban J connectivity index is 2.39. The number of hydrogen-bond acceptors (Lipinski definition) is 3. The molecule has 1 aliphatic rings. The van der Waals surface area contributed by atoms with Gasteiger partial charge in [0.15, 0.2) is 0 Å². The van der Waals surface area contributed by atoms with Gasteiger partial charge in [-0.3, -0.25) is 4.90 Å². The number of ether oxygens (including phenoxy) is 1. The maximum absolute atomic E-state index is 13.0. The van der Waals surface area contributed by atoms with E-state index in [4.69, 9.17) is 4.74 Å². The van der Waals surface area contributed by atoms with E-state index in [1.54, 1.807) is 0 Å². The highest BCUT2D eigenvalue weighted by atomic mass is 19.1. The molecule has 5 heteroatoms. The van der Waals surface area contributed by atoms with Crippen molar-refractivity contribution in [2.24, 2.45) is 0 Å². The Morgan fingerprint density at radius 1 is 1.45 bits per heavy atom. The number of allylic oxidation sites excluding steroid dienone is 3. The number of hydrogen-bond donors (Lipinski definition) is 0. The minimum Gasteiger partial charge on any atom is -0.441 e. The van der Waals surface area contributed by atoms with Gasteiger partial charge < -0.3 is 4.74 Å². The van der Waals surface area contributed by atoms with E-state index >= 15 is 0 Å². The number of amides is 1. The SMILES string of the molecule is C=C(C=CC=CC)C1N(c2ccc(F)nc2)C(=O)OC1(C)C. The van der Waals surface area contributed by atoms with Crippen LogP contribution in [0.1, 0.15) is 20.8 Å². The lowest BCUT2D eigenvalue weighted by Crippen LogP contribution is -2.42. The number of anilines is 1. The standard InChI is InChI=1S/C17H19FN2O2/c1-5-6-7-8-12(2)15-17(3,4)22-16(21)20(15)13-9-10-14(18)19-11-13/h5-11,15H,2H2,1,3-4H3. The Hall–Kier alpha value is -2.43. The molecule has 1 unspecified atom stereocenters. The van der Waals surface area contributed by atoms with E-state index in [9.17, 15) is 9.18 Å². The lowest BCUT2D eigenvalue weighted by atomic mass is 9.91. The smallest absolute Gasteiger partial charge is 0.415 e. The van der Waals surface area contributed by atoms with Crippen molar-refractivity contribution in [3.8, 4) is 0 Å². The van der Waals surface area contributed by atoms with Crippen LogP contribution in [0.25, 0.3) is 0 Å². The van der Waals surface area contributed by atoms with Gasteiger partial charge >= 0.3 is 6.09 Å². The second kappa shape index (κ2) is 6.13. The van der Waals surface area contributed by atoms with Gasteiger partial charge in [0, 0.05) is 0 Å². The zero-order chi connectivity index (χ0) is 16.3. The van der Waals surface area contributed by atoms with Crippen LogP contribution in [-0.4, -0.2) is 22.7 Å². The Labute approximate surface area is 129 Å². The van der Waals surface area contributed by atoms with Crippen LogP contribution < -0.4 is 4.90 Å². The molecule has 22 heavy (non-hydrogen) atoms. The Bertz CT molecular complexity index is 633. The molecule has 2 rings (SSSR count). The molecule has 1 amide bonds. The molecule has 1 saturated heterocycles. The quantitative estimate of drug-likeness (QED) is 0.623. The van der Waals surface area contributed by atoms with Crippen molar-refractivity contribution in [1.82, 2.24) is 4.98 Å². The van der Waals surface area contributed by atoms with E-state index < -0.39 is 23.7 Å². The molecule has 0 saturated carbocycles. The highest BCUT2D eigenvalue weighted by molar-refractivity contribution is 5.92. The van der Waals surface area contributed by atoms with Crippen LogP contribution in [0.15, 0.2) is 54.8 Å². The average Bonchev–Trinajstić information content (AvgIpc) is 2.69. The summed E-state index contributed by atoms with van der Waals surface area (Å²) in [7, 11) is 0. The summed E-state index contributed by atoms with van der Waals surface area (Å²) in [6.07, 6.45) is 8.27. The molecule has 1 fully saturated rings. The molecule has 4 nitrogen and oxygen atoms in total. The number of carbonyl (C=O) groups excluding carboxylic acids is 1. The number of pyridine rings is 1. The summed E-state index contributed by atoms with van der Waals surface area (Å²) in [6, 6.07) is 2.32. The van der Waals surface area contributed by atoms with Crippen LogP contribution in [-0.2, 0) is 4.74 Å². The molecule has 0 spiro atoms. The summed E-state index contributed by atoms with van der Waals surface area (Å²) in [5, 5.41) is 0. The molecular weight excluding hydrogens is 283 g/mol. The van der Waals surface area contributed by atoms with Crippen molar-refractivity contribution in [3.63, 3.8) is 0 Å². The summed E-state index contributed by atoms with van der Waals surface area (Å²) < 4.78 is 18.4. The van der Waals surface area contributed by atoms with Crippen molar-refractivity contribution in [2.75, 3.05) is 4.90 Å². The van der Waals surface area contributed by atoms with Gasteiger partial charge in [0.05, 0.1) is 11.9 Å². The molecule has 0 radical (unpaired) electrons. The van der Waals surface area contributed by atoms with Crippen LogP contribution in [0, 0.1) is 5.95 Å². The molecule has 0 aliphatic carbocycles. The van der Waals surface area contributed by atoms with E-state index in [1.807, 2.05) is 45.1 Å². The summed E-state index contributed by atoms with van der Waals surface area (Å²) >= 11 is 0. The van der Waals surface area contributed by atoms with Crippen molar-refractivity contribution < 1.29 is 13.9 Å². The van der Waals surface area contributed by atoms with Crippen LogP contribution in [0.4, 0.5) is 14.9 Å². The monoisotopic (exact) mass is 302 g/mol. The van der Waals surface area contributed by atoms with Gasteiger partial charge in [0.1, 0.15) is 11.6 Å². The van der Waals surface area contributed by atoms with E-state index in [0.717, 1.165) is 5.57 Å². The van der Waals surface area contributed by atoms with E-state index in [2.05, 4.69) is 11.6 Å². The van der Waals surface area contributed by atoms with E-state index in [-0.39, 0.29) is 0 Å². The highest BCUT2D eigenvalue weighted by Crippen LogP contribution is 2.37. The Morgan fingerprint density at radius 3 is 2.77 bits per heavy atom. The van der Waals surface area contributed by atoms with E-state index in [1.165, 1.54) is 23.2 Å². The fraction of sp³-hybridized carbons (Fsp3) is 0.294. The van der Waals surface area contributed by atoms with E-state index in [0.29, 0.717) is 5.69 Å². The first-order chi connectivity index (χ1) is 10.4.